The van der Waals surface area contributed by atoms with Gasteiger partial charge in [-0.3, -0.25) is 10.2 Å². The normalized spacial score (nSPS) is 13.7. The highest BCUT2D eigenvalue weighted by atomic mass is 16.2. The summed E-state index contributed by atoms with van der Waals surface area (Å²) in [6.45, 7) is 0. The third kappa shape index (κ3) is 3.08. The Labute approximate surface area is 123 Å². The molecule has 5 N–H and O–H groups in total. The first-order valence-corrected chi connectivity index (χ1v) is 6.95. The minimum atomic E-state index is 0.0802. The van der Waals surface area contributed by atoms with E-state index in [-0.39, 0.29) is 11.8 Å². The minimum Gasteiger partial charge on any atom is -0.399 e. The average Bonchev–Trinajstić information content (AvgIpc) is 3.32. The van der Waals surface area contributed by atoms with E-state index in [1.54, 1.807) is 29.3 Å². The molecule has 2 aromatic rings. The van der Waals surface area contributed by atoms with E-state index in [1.807, 2.05) is 24.3 Å². The van der Waals surface area contributed by atoms with Crippen molar-refractivity contribution < 1.29 is 4.79 Å². The number of nitrogen functional groups attached to an aromatic ring is 2. The number of amides is 1. The first-order valence-electron chi connectivity index (χ1n) is 6.95. The van der Waals surface area contributed by atoms with Crippen LogP contribution in [0.1, 0.15) is 12.8 Å². The molecule has 0 bridgehead atoms. The largest absolute Gasteiger partial charge is 0.399 e. The fraction of sp³-hybridized carbons (Fsp3) is 0.188. The van der Waals surface area contributed by atoms with E-state index in [0.717, 1.165) is 24.2 Å². The van der Waals surface area contributed by atoms with Gasteiger partial charge in [-0.2, -0.15) is 0 Å². The molecule has 1 saturated carbocycles. The number of hydrazine groups is 1. The van der Waals surface area contributed by atoms with Crippen LogP contribution in [0.4, 0.5) is 22.7 Å². The van der Waals surface area contributed by atoms with Gasteiger partial charge in [0, 0.05) is 17.3 Å². The quantitative estimate of drug-likeness (QED) is 0.594. The number of benzene rings is 2. The van der Waals surface area contributed by atoms with Crippen LogP contribution >= 0.6 is 0 Å². The van der Waals surface area contributed by atoms with Gasteiger partial charge in [-0.25, -0.2) is 5.01 Å². The number of nitrogens with zero attached hydrogens (tertiary/aromatic N) is 1. The van der Waals surface area contributed by atoms with Gasteiger partial charge in [0.05, 0.1) is 11.4 Å². The van der Waals surface area contributed by atoms with Crippen LogP contribution in [-0.4, -0.2) is 5.91 Å². The zero-order chi connectivity index (χ0) is 14.8. The van der Waals surface area contributed by atoms with E-state index in [1.165, 1.54) is 0 Å². The van der Waals surface area contributed by atoms with Crippen molar-refractivity contribution in [3.63, 3.8) is 0 Å². The molecule has 1 fully saturated rings. The predicted molar refractivity (Wildman–Crippen MR) is 85.5 cm³/mol. The molecule has 0 unspecified atom stereocenters. The van der Waals surface area contributed by atoms with Crippen molar-refractivity contribution in [3.05, 3.63) is 48.5 Å². The maximum atomic E-state index is 12.5. The monoisotopic (exact) mass is 282 g/mol. The summed E-state index contributed by atoms with van der Waals surface area (Å²) in [4.78, 5) is 12.5. The van der Waals surface area contributed by atoms with Crippen LogP contribution < -0.4 is 21.9 Å². The fourth-order valence-corrected chi connectivity index (χ4v) is 2.07. The van der Waals surface area contributed by atoms with Crippen molar-refractivity contribution in [2.45, 2.75) is 12.8 Å². The molecule has 5 nitrogen and oxygen atoms in total. The molecule has 1 aliphatic carbocycles. The molecule has 0 heterocycles. The molecule has 0 atom stereocenters. The van der Waals surface area contributed by atoms with Gasteiger partial charge in [-0.05, 0) is 61.4 Å². The van der Waals surface area contributed by atoms with Crippen LogP contribution in [0.3, 0.4) is 0 Å². The highest BCUT2D eigenvalue weighted by Crippen LogP contribution is 2.33. The Morgan fingerprint density at radius 2 is 1.48 bits per heavy atom. The predicted octanol–water partition coefficient (Wildman–Crippen LogP) is 2.62. The molecule has 5 heteroatoms. The standard InChI is InChI=1S/C16H18N4O/c17-12-3-7-14(8-4-12)19-20(16(21)11-1-2-11)15-9-5-13(18)6-10-15/h3-11,19H,1-2,17-18H2. The molecular formula is C16H18N4O. The van der Waals surface area contributed by atoms with Crippen molar-refractivity contribution in [2.24, 2.45) is 5.92 Å². The van der Waals surface area contributed by atoms with Gasteiger partial charge in [0.1, 0.15) is 0 Å². The number of anilines is 4. The second-order valence-electron chi connectivity index (χ2n) is 5.27. The maximum Gasteiger partial charge on any atom is 0.248 e. The molecule has 0 saturated heterocycles. The summed E-state index contributed by atoms with van der Waals surface area (Å²) in [5.41, 5.74) is 17.5. The average molecular weight is 282 g/mol. The van der Waals surface area contributed by atoms with Crippen LogP contribution in [0.2, 0.25) is 0 Å². The summed E-state index contributed by atoms with van der Waals surface area (Å²) in [7, 11) is 0. The van der Waals surface area contributed by atoms with Crippen LogP contribution in [0.15, 0.2) is 48.5 Å². The molecule has 1 aliphatic rings. The zero-order valence-electron chi connectivity index (χ0n) is 11.6. The third-order valence-electron chi connectivity index (χ3n) is 3.45. The SMILES string of the molecule is Nc1ccc(NN(C(=O)C2CC2)c2ccc(N)cc2)cc1. The first-order chi connectivity index (χ1) is 10.1. The molecule has 108 valence electrons. The van der Waals surface area contributed by atoms with Gasteiger partial charge < -0.3 is 11.5 Å². The number of nitrogens with two attached hydrogens (primary N) is 2. The highest BCUT2D eigenvalue weighted by molar-refractivity contribution is 5.98. The number of hydrogen-bond acceptors (Lipinski definition) is 4. The summed E-state index contributed by atoms with van der Waals surface area (Å²) in [6, 6.07) is 14.5. The second-order valence-corrected chi connectivity index (χ2v) is 5.27. The summed E-state index contributed by atoms with van der Waals surface area (Å²) in [6.07, 6.45) is 1.90. The van der Waals surface area contributed by atoms with Gasteiger partial charge in [0.2, 0.25) is 5.91 Å². The topological polar surface area (TPSA) is 84.4 Å². The van der Waals surface area contributed by atoms with Crippen LogP contribution in [0.25, 0.3) is 0 Å². The molecule has 21 heavy (non-hydrogen) atoms. The number of nitrogens with one attached hydrogen (secondary N) is 1. The number of carbonyl (C=O) groups is 1. The van der Waals surface area contributed by atoms with Crippen LogP contribution in [0, 0.1) is 5.92 Å². The molecule has 0 aromatic heterocycles. The Morgan fingerprint density at radius 3 is 2.00 bits per heavy atom. The number of rotatable bonds is 4. The first kappa shape index (κ1) is 13.3. The molecule has 0 spiro atoms. The lowest BCUT2D eigenvalue weighted by Crippen LogP contribution is -2.37. The van der Waals surface area contributed by atoms with Crippen LogP contribution in [-0.2, 0) is 4.79 Å². The molecule has 3 rings (SSSR count). The Bertz CT molecular complexity index is 632. The van der Waals surface area contributed by atoms with E-state index >= 15 is 0 Å². The van der Waals surface area contributed by atoms with Crippen molar-refractivity contribution in [2.75, 3.05) is 21.9 Å². The summed E-state index contributed by atoms with van der Waals surface area (Å²) >= 11 is 0. The molecule has 0 radical (unpaired) electrons. The van der Waals surface area contributed by atoms with Crippen molar-refractivity contribution >= 4 is 28.7 Å². The van der Waals surface area contributed by atoms with E-state index < -0.39 is 0 Å². The second kappa shape index (κ2) is 5.36. The smallest absolute Gasteiger partial charge is 0.248 e. The molecule has 0 aliphatic heterocycles. The maximum absolute atomic E-state index is 12.5. The van der Waals surface area contributed by atoms with Crippen molar-refractivity contribution in [3.8, 4) is 0 Å². The Hall–Kier alpha value is -2.69. The lowest BCUT2D eigenvalue weighted by Gasteiger charge is -2.24. The van der Waals surface area contributed by atoms with E-state index in [9.17, 15) is 4.79 Å². The fourth-order valence-electron chi connectivity index (χ4n) is 2.07. The van der Waals surface area contributed by atoms with Crippen molar-refractivity contribution in [1.29, 1.82) is 0 Å². The van der Waals surface area contributed by atoms with Crippen LogP contribution in [0.5, 0.6) is 0 Å². The third-order valence-corrected chi connectivity index (χ3v) is 3.45. The summed E-state index contributed by atoms with van der Waals surface area (Å²) in [5, 5.41) is 1.59. The number of carbonyl (C=O) groups excluding carboxylic acids is 1. The number of hydrogen-bond donors (Lipinski definition) is 3. The Balaban J connectivity index is 1.86. The van der Waals surface area contributed by atoms with Gasteiger partial charge in [0.15, 0.2) is 0 Å². The molecular weight excluding hydrogens is 264 g/mol. The minimum absolute atomic E-state index is 0.0802. The van der Waals surface area contributed by atoms with Gasteiger partial charge >= 0.3 is 0 Å². The summed E-state index contributed by atoms with van der Waals surface area (Å²) in [5.74, 6) is 0.195. The van der Waals surface area contributed by atoms with E-state index in [0.29, 0.717) is 11.4 Å². The summed E-state index contributed by atoms with van der Waals surface area (Å²) < 4.78 is 0. The van der Waals surface area contributed by atoms with Gasteiger partial charge in [-0.15, -0.1) is 0 Å². The molecule has 1 amide bonds. The highest BCUT2D eigenvalue weighted by Gasteiger charge is 2.34. The van der Waals surface area contributed by atoms with Crippen molar-refractivity contribution in [1.82, 2.24) is 0 Å². The van der Waals surface area contributed by atoms with Gasteiger partial charge in [-0.1, -0.05) is 0 Å². The lowest BCUT2D eigenvalue weighted by atomic mass is 10.2. The van der Waals surface area contributed by atoms with E-state index in [4.69, 9.17) is 11.5 Å². The zero-order valence-corrected chi connectivity index (χ0v) is 11.6. The molecule has 2 aromatic carbocycles. The Kier molecular flexibility index (Phi) is 3.39. The lowest BCUT2D eigenvalue weighted by molar-refractivity contribution is -0.119. The van der Waals surface area contributed by atoms with E-state index in [2.05, 4.69) is 5.43 Å². The van der Waals surface area contributed by atoms with Gasteiger partial charge in [0.25, 0.3) is 0 Å². The Morgan fingerprint density at radius 1 is 0.952 bits per heavy atom.